The summed E-state index contributed by atoms with van der Waals surface area (Å²) in [5.74, 6) is -2.59. The van der Waals surface area contributed by atoms with E-state index >= 15 is 0 Å². The quantitative estimate of drug-likeness (QED) is 0.545. The van der Waals surface area contributed by atoms with Gasteiger partial charge < -0.3 is 5.32 Å². The molecule has 152 valence electrons. The van der Waals surface area contributed by atoms with Gasteiger partial charge in [0.05, 0.1) is 23.9 Å². The smallest absolute Gasteiger partial charge is 0.264 e. The first kappa shape index (κ1) is 19.4. The molecule has 0 aliphatic carbocycles. The van der Waals surface area contributed by atoms with Crippen LogP contribution in [-0.2, 0) is 11.3 Å². The molecule has 0 atom stereocenters. The molecule has 4 aromatic rings. The van der Waals surface area contributed by atoms with Crippen LogP contribution in [0.2, 0.25) is 0 Å². The Morgan fingerprint density at radius 2 is 1.77 bits per heavy atom. The van der Waals surface area contributed by atoms with Crippen molar-refractivity contribution in [2.45, 2.75) is 13.0 Å². The van der Waals surface area contributed by atoms with E-state index < -0.39 is 28.9 Å². The number of halogens is 3. The van der Waals surface area contributed by atoms with Crippen molar-refractivity contribution in [3.63, 3.8) is 0 Å². The molecule has 1 N–H and O–H groups in total. The van der Waals surface area contributed by atoms with Crippen LogP contribution in [0.5, 0.6) is 0 Å². The van der Waals surface area contributed by atoms with Crippen molar-refractivity contribution in [3.8, 4) is 5.69 Å². The molecule has 0 spiro atoms. The highest BCUT2D eigenvalue weighted by molar-refractivity contribution is 5.90. The number of carbonyl (C=O) groups is 1. The molecular formula is C20H14F3N5O2. The number of aryl methyl sites for hydroxylation is 1. The summed E-state index contributed by atoms with van der Waals surface area (Å²) < 4.78 is 42.3. The minimum atomic E-state index is -0.892. The summed E-state index contributed by atoms with van der Waals surface area (Å²) in [6, 6.07) is 8.36. The number of hydrogen-bond acceptors (Lipinski definition) is 4. The molecular weight excluding hydrogens is 399 g/mol. The van der Waals surface area contributed by atoms with Gasteiger partial charge in [-0.2, -0.15) is 5.10 Å². The number of nitrogens with one attached hydrogen (secondary N) is 1. The molecule has 0 aliphatic rings. The van der Waals surface area contributed by atoms with Gasteiger partial charge in [-0.3, -0.25) is 14.2 Å². The molecule has 2 heterocycles. The molecule has 2 aromatic carbocycles. The Morgan fingerprint density at radius 1 is 1.03 bits per heavy atom. The van der Waals surface area contributed by atoms with Crippen molar-refractivity contribution in [2.24, 2.45) is 0 Å². The number of carbonyl (C=O) groups excluding carboxylic acids is 1. The van der Waals surface area contributed by atoms with E-state index in [9.17, 15) is 22.8 Å². The fourth-order valence-electron chi connectivity index (χ4n) is 2.90. The van der Waals surface area contributed by atoms with Crippen LogP contribution in [0.3, 0.4) is 0 Å². The van der Waals surface area contributed by atoms with E-state index in [1.165, 1.54) is 46.0 Å². The number of anilines is 1. The second-order valence-corrected chi connectivity index (χ2v) is 6.44. The summed E-state index contributed by atoms with van der Waals surface area (Å²) >= 11 is 0. The van der Waals surface area contributed by atoms with Crippen LogP contribution >= 0.6 is 0 Å². The lowest BCUT2D eigenvalue weighted by Crippen LogP contribution is -2.23. The molecule has 0 radical (unpaired) electrons. The zero-order valence-corrected chi connectivity index (χ0v) is 15.3. The van der Waals surface area contributed by atoms with E-state index in [0.717, 1.165) is 12.1 Å². The number of rotatable bonds is 5. The molecule has 0 unspecified atom stereocenters. The maximum absolute atomic E-state index is 13.6. The third-order valence-electron chi connectivity index (χ3n) is 4.41. The fraction of sp³-hybridized carbons (Fsp3) is 0.100. The van der Waals surface area contributed by atoms with Gasteiger partial charge in [-0.25, -0.2) is 22.8 Å². The maximum atomic E-state index is 13.6. The van der Waals surface area contributed by atoms with Crippen LogP contribution in [0.1, 0.15) is 6.42 Å². The zero-order chi connectivity index (χ0) is 21.3. The minimum absolute atomic E-state index is 0.00184. The van der Waals surface area contributed by atoms with Crippen molar-refractivity contribution in [1.82, 2.24) is 19.3 Å². The first-order valence-electron chi connectivity index (χ1n) is 8.86. The predicted octanol–water partition coefficient (Wildman–Crippen LogP) is 3.03. The predicted molar refractivity (Wildman–Crippen MR) is 103 cm³/mol. The van der Waals surface area contributed by atoms with Crippen LogP contribution in [0.15, 0.2) is 59.8 Å². The highest BCUT2D eigenvalue weighted by atomic mass is 19.1. The van der Waals surface area contributed by atoms with E-state index in [0.29, 0.717) is 17.4 Å². The van der Waals surface area contributed by atoms with Gasteiger partial charge in [0.25, 0.3) is 5.56 Å². The minimum Gasteiger partial charge on any atom is -0.324 e. The first-order valence-corrected chi connectivity index (χ1v) is 8.86. The number of hydrogen-bond donors (Lipinski definition) is 1. The van der Waals surface area contributed by atoms with E-state index in [2.05, 4.69) is 15.4 Å². The van der Waals surface area contributed by atoms with E-state index in [1.54, 1.807) is 0 Å². The number of aromatic nitrogens is 4. The number of amides is 1. The summed E-state index contributed by atoms with van der Waals surface area (Å²) in [6.45, 7) is -0.00184. The van der Waals surface area contributed by atoms with Crippen molar-refractivity contribution in [3.05, 3.63) is 82.8 Å². The molecule has 0 fully saturated rings. The fourth-order valence-corrected chi connectivity index (χ4v) is 2.90. The summed E-state index contributed by atoms with van der Waals surface area (Å²) in [6.07, 6.45) is 2.49. The molecule has 30 heavy (non-hydrogen) atoms. The van der Waals surface area contributed by atoms with E-state index in [1.807, 2.05) is 0 Å². The Kier molecular flexibility index (Phi) is 5.05. The van der Waals surface area contributed by atoms with Gasteiger partial charge in [-0.05, 0) is 36.4 Å². The molecule has 0 aliphatic heterocycles. The molecule has 0 bridgehead atoms. The lowest BCUT2D eigenvalue weighted by atomic mass is 10.3. The average Bonchev–Trinajstić information content (AvgIpc) is 3.15. The van der Waals surface area contributed by atoms with Gasteiger partial charge in [0.2, 0.25) is 5.91 Å². The van der Waals surface area contributed by atoms with Crippen molar-refractivity contribution >= 4 is 22.6 Å². The lowest BCUT2D eigenvalue weighted by Gasteiger charge is -2.08. The van der Waals surface area contributed by atoms with E-state index in [4.69, 9.17) is 0 Å². The van der Waals surface area contributed by atoms with Gasteiger partial charge in [-0.15, -0.1) is 0 Å². The third kappa shape index (κ3) is 3.79. The van der Waals surface area contributed by atoms with E-state index in [-0.39, 0.29) is 24.0 Å². The van der Waals surface area contributed by atoms with Crippen LogP contribution in [-0.4, -0.2) is 25.2 Å². The highest BCUT2D eigenvalue weighted by Crippen LogP contribution is 2.16. The molecule has 2 aromatic heterocycles. The summed E-state index contributed by atoms with van der Waals surface area (Å²) in [5.41, 5.74) is 0.273. The topological polar surface area (TPSA) is 81.8 Å². The molecule has 0 saturated heterocycles. The highest BCUT2D eigenvalue weighted by Gasteiger charge is 2.13. The monoisotopic (exact) mass is 413 g/mol. The van der Waals surface area contributed by atoms with Gasteiger partial charge in [0.15, 0.2) is 5.65 Å². The lowest BCUT2D eigenvalue weighted by molar-refractivity contribution is -0.116. The Labute approximate surface area is 167 Å². The SMILES string of the molecule is O=C(CCn1cnc2c(cnn2-c2ccc(F)cc2)c1=O)Nc1ccc(F)cc1F. The van der Waals surface area contributed by atoms with Crippen LogP contribution in [0.4, 0.5) is 18.9 Å². The Bertz CT molecular complexity index is 1300. The standard InChI is InChI=1S/C20H14F3N5O2/c21-12-1-4-14(5-2-12)28-19-15(10-25-28)20(30)27(11-24-19)8-7-18(29)26-17-6-3-13(22)9-16(17)23/h1-6,9-11H,7-8H2,(H,26,29). The van der Waals surface area contributed by atoms with Gasteiger partial charge in [0.1, 0.15) is 22.8 Å². The summed E-state index contributed by atoms with van der Waals surface area (Å²) in [4.78, 5) is 28.9. The molecule has 4 rings (SSSR count). The normalized spacial score (nSPS) is 11.0. The second kappa shape index (κ2) is 7.82. The molecule has 7 nitrogen and oxygen atoms in total. The number of fused-ring (bicyclic) bond motifs is 1. The van der Waals surface area contributed by atoms with Crippen LogP contribution < -0.4 is 10.9 Å². The summed E-state index contributed by atoms with van der Waals surface area (Å²) in [7, 11) is 0. The van der Waals surface area contributed by atoms with Gasteiger partial charge in [-0.1, -0.05) is 0 Å². The molecule has 0 saturated carbocycles. The van der Waals surface area contributed by atoms with Crippen LogP contribution in [0, 0.1) is 17.5 Å². The maximum Gasteiger partial charge on any atom is 0.264 e. The largest absolute Gasteiger partial charge is 0.324 e. The molecule has 1 amide bonds. The number of benzene rings is 2. The summed E-state index contributed by atoms with van der Waals surface area (Å²) in [5, 5.41) is 6.69. The van der Waals surface area contributed by atoms with Crippen molar-refractivity contribution in [1.29, 1.82) is 0 Å². The van der Waals surface area contributed by atoms with Gasteiger partial charge in [0, 0.05) is 19.0 Å². The average molecular weight is 413 g/mol. The Hall–Kier alpha value is -3.95. The van der Waals surface area contributed by atoms with Crippen LogP contribution in [0.25, 0.3) is 16.7 Å². The van der Waals surface area contributed by atoms with Crippen molar-refractivity contribution < 1.29 is 18.0 Å². The zero-order valence-electron chi connectivity index (χ0n) is 15.3. The number of nitrogens with zero attached hydrogens (tertiary/aromatic N) is 4. The molecule has 10 heteroatoms. The van der Waals surface area contributed by atoms with Gasteiger partial charge >= 0.3 is 0 Å². The second-order valence-electron chi connectivity index (χ2n) is 6.44. The third-order valence-corrected chi connectivity index (χ3v) is 4.41. The van der Waals surface area contributed by atoms with Crippen molar-refractivity contribution in [2.75, 3.05) is 5.32 Å². The first-order chi connectivity index (χ1) is 14.4. The Morgan fingerprint density at radius 3 is 2.50 bits per heavy atom. The Balaban J connectivity index is 1.51.